The fourth-order valence-electron chi connectivity index (χ4n) is 2.07. The highest BCUT2D eigenvalue weighted by Gasteiger charge is 2.25. The van der Waals surface area contributed by atoms with Crippen molar-refractivity contribution >= 4 is 41.4 Å². The zero-order chi connectivity index (χ0) is 27.0. The van der Waals surface area contributed by atoms with Crippen LogP contribution in [-0.4, -0.2) is 95.4 Å². The Morgan fingerprint density at radius 2 is 1.63 bits per heavy atom. The van der Waals surface area contributed by atoms with Gasteiger partial charge < -0.3 is 35.3 Å². The Balaban J connectivity index is 4.64. The highest BCUT2D eigenvalue weighted by molar-refractivity contribution is 8.00. The third-order valence-corrected chi connectivity index (χ3v) is 4.88. The van der Waals surface area contributed by atoms with Crippen LogP contribution in [0.5, 0.6) is 0 Å². The second-order valence-corrected chi connectivity index (χ2v) is 7.60. The maximum Gasteiger partial charge on any atom is 0.375 e. The molecular formula is C16H24N4O14S. The number of nitrogens with one attached hydrogen (secondary N) is 1. The molecule has 0 fully saturated rings. The van der Waals surface area contributed by atoms with Crippen molar-refractivity contribution in [2.45, 2.75) is 24.9 Å². The monoisotopic (exact) mass is 528 g/mol. The van der Waals surface area contributed by atoms with E-state index in [1.54, 1.807) is 0 Å². The van der Waals surface area contributed by atoms with Crippen molar-refractivity contribution in [2.24, 2.45) is 11.7 Å². The number of carbonyl (C=O) groups excluding carboxylic acids is 4. The van der Waals surface area contributed by atoms with E-state index in [4.69, 9.17) is 10.8 Å². The minimum absolute atomic E-state index is 0.188. The lowest BCUT2D eigenvalue weighted by Crippen LogP contribution is -2.44. The Hall–Kier alpha value is -3.74. The molecule has 0 bridgehead atoms. The van der Waals surface area contributed by atoms with E-state index in [2.05, 4.69) is 24.5 Å². The third-order valence-electron chi connectivity index (χ3n) is 3.85. The number of nitrogens with zero attached hydrogens (tertiary/aromatic N) is 2. The summed E-state index contributed by atoms with van der Waals surface area (Å²) in [6.45, 7) is -2.06. The van der Waals surface area contributed by atoms with Crippen LogP contribution in [0.25, 0.3) is 0 Å². The van der Waals surface area contributed by atoms with Gasteiger partial charge in [0.2, 0.25) is 11.7 Å². The molecule has 0 unspecified atom stereocenters. The minimum Gasteiger partial charge on any atom is -0.480 e. The molecule has 0 saturated carbocycles. The molecule has 0 spiro atoms. The molecule has 19 heteroatoms. The number of carbonyl (C=O) groups is 5. The number of thioether (sulfide) groups is 1. The van der Waals surface area contributed by atoms with Crippen molar-refractivity contribution < 1.29 is 58.4 Å². The predicted octanol–water partition coefficient (Wildman–Crippen LogP) is -2.29. The summed E-state index contributed by atoms with van der Waals surface area (Å²) in [5.74, 6) is -7.08. The number of carboxylic acids is 1. The molecule has 0 aromatic carbocycles. The Morgan fingerprint density at radius 3 is 2.11 bits per heavy atom. The maximum atomic E-state index is 11.9. The number of ketones is 1. The average molecular weight is 528 g/mol. The van der Waals surface area contributed by atoms with Gasteiger partial charge in [-0.1, -0.05) is 0 Å². The molecule has 0 aromatic rings. The van der Waals surface area contributed by atoms with E-state index < -0.39 is 83.3 Å². The molecule has 4 N–H and O–H groups in total. The van der Waals surface area contributed by atoms with Crippen LogP contribution in [-0.2, 0) is 43.1 Å². The highest BCUT2D eigenvalue weighted by Crippen LogP contribution is 2.08. The summed E-state index contributed by atoms with van der Waals surface area (Å²) in [4.78, 5) is 86.8. The van der Waals surface area contributed by atoms with Gasteiger partial charge in [0.25, 0.3) is 10.2 Å². The molecule has 0 heterocycles. The smallest absolute Gasteiger partial charge is 0.375 e. The number of Topliss-reactive ketones (excluding diaryl/α,β-unsaturated/α-hetero) is 1. The summed E-state index contributed by atoms with van der Waals surface area (Å²) in [6, 6.07) is -2.49. The number of hydrogen-bond acceptors (Lipinski definition) is 15. The molecule has 0 aliphatic rings. The number of rotatable bonds is 19. The maximum absolute atomic E-state index is 11.9. The van der Waals surface area contributed by atoms with Crippen molar-refractivity contribution in [3.05, 3.63) is 20.2 Å². The number of nitrogens with two attached hydrogens (primary N) is 1. The summed E-state index contributed by atoms with van der Waals surface area (Å²) >= 11 is 0.763. The number of methoxy groups -OCH3 is 1. The predicted molar refractivity (Wildman–Crippen MR) is 111 cm³/mol. The van der Waals surface area contributed by atoms with Crippen molar-refractivity contribution in [3.63, 3.8) is 0 Å². The summed E-state index contributed by atoms with van der Waals surface area (Å²) < 4.78 is 9.21. The second-order valence-electron chi connectivity index (χ2n) is 6.57. The van der Waals surface area contributed by atoms with E-state index >= 15 is 0 Å². The average Bonchev–Trinajstić information content (AvgIpc) is 2.79. The standard InChI is InChI=1S/C16H24N4O14S/c1-31-15(25)11(18-13(22)3-2-10(17)14(23)24)7-35-8-12(21)16(26)32-4-9(5-33-19(27)28)6-34-20(29)30/h9-11H,2-8,17H2,1H3,(H,18,22)(H,23,24)/t10-,11-/m0/s1. The van der Waals surface area contributed by atoms with Gasteiger partial charge in [0.1, 0.15) is 25.3 Å². The van der Waals surface area contributed by atoms with Crippen LogP contribution in [0.2, 0.25) is 0 Å². The molecule has 35 heavy (non-hydrogen) atoms. The summed E-state index contributed by atoms with van der Waals surface area (Å²) in [6.07, 6.45) is -0.481. The van der Waals surface area contributed by atoms with Crippen LogP contribution in [0, 0.1) is 26.1 Å². The number of amides is 1. The molecule has 18 nitrogen and oxygen atoms in total. The van der Waals surface area contributed by atoms with E-state index in [1.165, 1.54) is 0 Å². The molecular weight excluding hydrogens is 504 g/mol. The van der Waals surface area contributed by atoms with Gasteiger partial charge in [-0.25, -0.2) is 9.59 Å². The quantitative estimate of drug-likeness (QED) is 0.0689. The fraction of sp³-hybridized carbons (Fsp3) is 0.688. The molecule has 2 atom stereocenters. The normalized spacial score (nSPS) is 12.1. The first-order valence-electron chi connectivity index (χ1n) is 9.55. The van der Waals surface area contributed by atoms with Crippen LogP contribution in [0.1, 0.15) is 12.8 Å². The zero-order valence-corrected chi connectivity index (χ0v) is 19.1. The molecule has 198 valence electrons. The highest BCUT2D eigenvalue weighted by atomic mass is 32.2. The first kappa shape index (κ1) is 31.3. The van der Waals surface area contributed by atoms with Gasteiger partial charge in [-0.3, -0.25) is 14.4 Å². The van der Waals surface area contributed by atoms with Gasteiger partial charge in [0.15, 0.2) is 0 Å². The van der Waals surface area contributed by atoms with Gasteiger partial charge in [0, 0.05) is 18.1 Å². The van der Waals surface area contributed by atoms with Crippen LogP contribution >= 0.6 is 11.8 Å². The minimum atomic E-state index is -1.36. The van der Waals surface area contributed by atoms with Crippen molar-refractivity contribution in [3.8, 4) is 0 Å². The largest absolute Gasteiger partial charge is 0.480 e. The number of carboxylic acid groups (broad SMARTS) is 1. The SMILES string of the molecule is COC(=O)[C@H](CSCC(=O)C(=O)OCC(CO[N+](=O)[O-])CO[N+](=O)[O-])NC(=O)CC[C@H](N)C(=O)O. The molecule has 0 aromatic heterocycles. The first-order chi connectivity index (χ1) is 16.4. The van der Waals surface area contributed by atoms with Crippen molar-refractivity contribution in [1.29, 1.82) is 0 Å². The second kappa shape index (κ2) is 16.8. The van der Waals surface area contributed by atoms with E-state index in [1.807, 2.05) is 0 Å². The van der Waals surface area contributed by atoms with Gasteiger partial charge >= 0.3 is 17.9 Å². The summed E-state index contributed by atoms with van der Waals surface area (Å²) in [7, 11) is 1.05. The Bertz CT molecular complexity index is 776. The number of esters is 2. The van der Waals surface area contributed by atoms with Gasteiger partial charge in [-0.05, 0) is 6.42 Å². The lowest BCUT2D eigenvalue weighted by atomic mass is 10.1. The third kappa shape index (κ3) is 14.9. The Labute approximate surface area is 200 Å². The van der Waals surface area contributed by atoms with Crippen LogP contribution in [0.15, 0.2) is 0 Å². The lowest BCUT2D eigenvalue weighted by Gasteiger charge is -2.16. The molecule has 0 rings (SSSR count). The van der Waals surface area contributed by atoms with Crippen LogP contribution in [0.4, 0.5) is 0 Å². The van der Waals surface area contributed by atoms with Gasteiger partial charge in [0.05, 0.1) is 19.5 Å². The molecule has 0 saturated heterocycles. The molecule has 0 aliphatic heterocycles. The first-order valence-corrected chi connectivity index (χ1v) is 10.7. The fourth-order valence-corrected chi connectivity index (χ4v) is 2.94. The van der Waals surface area contributed by atoms with E-state index in [-0.39, 0.29) is 18.6 Å². The zero-order valence-electron chi connectivity index (χ0n) is 18.3. The van der Waals surface area contributed by atoms with E-state index in [9.17, 15) is 44.2 Å². The van der Waals surface area contributed by atoms with E-state index in [0.29, 0.717) is 0 Å². The Kier molecular flexibility index (Phi) is 15.0. The Morgan fingerprint density at radius 1 is 1.06 bits per heavy atom. The van der Waals surface area contributed by atoms with Crippen LogP contribution in [0.3, 0.4) is 0 Å². The van der Waals surface area contributed by atoms with Gasteiger partial charge in [-0.2, -0.15) is 11.8 Å². The van der Waals surface area contributed by atoms with Crippen LogP contribution < -0.4 is 11.1 Å². The van der Waals surface area contributed by atoms with Crippen molar-refractivity contribution in [2.75, 3.05) is 38.4 Å². The molecule has 1 amide bonds. The van der Waals surface area contributed by atoms with E-state index in [0.717, 1.165) is 18.9 Å². The molecule has 0 aliphatic carbocycles. The lowest BCUT2D eigenvalue weighted by molar-refractivity contribution is -0.768. The van der Waals surface area contributed by atoms with Gasteiger partial charge in [-0.15, -0.1) is 20.2 Å². The molecule has 0 radical (unpaired) electrons. The topological polar surface area (TPSA) is 267 Å². The summed E-state index contributed by atoms with van der Waals surface area (Å²) in [5, 5.41) is 29.2. The number of hydrogen-bond donors (Lipinski definition) is 3. The number of aliphatic carboxylic acids is 1. The number of ether oxygens (including phenoxy) is 2. The van der Waals surface area contributed by atoms with Crippen molar-refractivity contribution in [1.82, 2.24) is 5.32 Å². The summed E-state index contributed by atoms with van der Waals surface area (Å²) in [5.41, 5.74) is 5.30.